The van der Waals surface area contributed by atoms with Crippen molar-refractivity contribution in [2.45, 2.75) is 13.7 Å². The van der Waals surface area contributed by atoms with Crippen LogP contribution in [0.2, 0.25) is 6.82 Å². The molecule has 0 aromatic rings. The summed E-state index contributed by atoms with van der Waals surface area (Å²) in [7, 11) is -0.951. The third-order valence-corrected chi connectivity index (χ3v) is 1.80. The third-order valence-electron chi connectivity index (χ3n) is 0.600. The van der Waals surface area contributed by atoms with E-state index < -0.39 is 10.2 Å². The first-order chi connectivity index (χ1) is 2.81. The summed E-state index contributed by atoms with van der Waals surface area (Å²) in [6, 6.07) is 0. The van der Waals surface area contributed by atoms with Gasteiger partial charge in [0.1, 0.15) is 0 Å². The molecule has 3 heteroatoms. The molecule has 0 saturated carbocycles. The van der Waals surface area contributed by atoms with Gasteiger partial charge in [0.25, 0.3) is 0 Å². The van der Waals surface area contributed by atoms with Gasteiger partial charge in [-0.05, 0) is 0 Å². The van der Waals surface area contributed by atoms with E-state index in [0.29, 0.717) is 0 Å². The van der Waals surface area contributed by atoms with Crippen LogP contribution in [-0.4, -0.2) is 16.1 Å². The van der Waals surface area contributed by atoms with Crippen LogP contribution in [0.25, 0.3) is 0 Å². The zero-order valence-electron chi connectivity index (χ0n) is 4.14. The Morgan fingerprint density at radius 1 is 1.83 bits per heavy atom. The van der Waals surface area contributed by atoms with E-state index in [4.69, 9.17) is 0 Å². The quantitative estimate of drug-likeness (QED) is 0.370. The van der Waals surface area contributed by atoms with Crippen LogP contribution in [0.4, 0.5) is 0 Å². The van der Waals surface area contributed by atoms with E-state index in [1.54, 1.807) is 6.15 Å². The predicted molar refractivity (Wildman–Crippen MR) is 31.7 cm³/mol. The van der Waals surface area contributed by atoms with E-state index in [9.17, 15) is 4.21 Å². The zero-order valence-corrected chi connectivity index (χ0v) is 5.03. The molecule has 0 bridgehead atoms. The zero-order chi connectivity index (χ0) is 4.99. The Kier molecular flexibility index (Phi) is 3.53. The van der Waals surface area contributed by atoms with E-state index in [0.717, 1.165) is 5.75 Å². The second-order valence-corrected chi connectivity index (χ2v) is 2.97. The maximum atomic E-state index is 10.3. The topological polar surface area (TPSA) is 17.1 Å². The van der Waals surface area contributed by atoms with E-state index in [-0.39, 0.29) is 0 Å². The van der Waals surface area contributed by atoms with Gasteiger partial charge in [-0.2, -0.15) is 0 Å². The van der Waals surface area contributed by atoms with Gasteiger partial charge < -0.3 is 0 Å². The van der Waals surface area contributed by atoms with Gasteiger partial charge in [-0.1, -0.05) is 0 Å². The van der Waals surface area contributed by atoms with Crippen molar-refractivity contribution in [3.8, 4) is 0 Å². The van der Waals surface area contributed by atoms with Crippen molar-refractivity contribution in [2.24, 2.45) is 0 Å². The first-order valence-corrected chi connectivity index (χ1v) is 3.56. The molecule has 0 aromatic heterocycles. The molecule has 0 aliphatic heterocycles. The molecule has 1 nitrogen and oxygen atoms in total. The average Bonchev–Trinajstić information content (AvgIpc) is 1.65. The molecular formula is C3H9BOS. The Labute approximate surface area is 40.9 Å². The van der Waals surface area contributed by atoms with Gasteiger partial charge in [-0.15, -0.1) is 0 Å². The number of rotatable bonds is 1. The Balaban J connectivity index is 3.54. The van der Waals surface area contributed by atoms with E-state index in [2.05, 4.69) is 0 Å². The molecule has 6 heavy (non-hydrogen) atoms. The average molecular weight is 104 g/mol. The van der Waals surface area contributed by atoms with Gasteiger partial charge in [-0.3, -0.25) is 0 Å². The summed E-state index contributed by atoms with van der Waals surface area (Å²) in [6.07, 6.45) is 1.73. The van der Waals surface area contributed by atoms with Crippen molar-refractivity contribution in [1.82, 2.24) is 0 Å². The fourth-order valence-corrected chi connectivity index (χ4v) is 0.548. The second-order valence-electron chi connectivity index (χ2n) is 0.992. The standard InChI is InChI=1S/C3H9BOS/c1-3-6(5)4-2/h6H,3H2,1-2H3. The van der Waals surface area contributed by atoms with E-state index >= 15 is 0 Å². The number of hydrogen-bond acceptors (Lipinski definition) is 1. The minimum absolute atomic E-state index is 0.784. The molecule has 1 atom stereocenters. The number of hydrogen-bond donors (Lipinski definition) is 1. The first-order valence-electron chi connectivity index (χ1n) is 2.04. The molecule has 0 fully saturated rings. The van der Waals surface area contributed by atoms with Gasteiger partial charge in [0.2, 0.25) is 0 Å². The molecule has 0 heterocycles. The van der Waals surface area contributed by atoms with Gasteiger partial charge >= 0.3 is 40.1 Å². The molecule has 36 valence electrons. The molecule has 0 N–H and O–H groups in total. The molecule has 0 aliphatic rings. The Morgan fingerprint density at radius 2 is 2.33 bits per heavy atom. The first kappa shape index (κ1) is 6.21. The van der Waals surface area contributed by atoms with E-state index in [1.807, 2.05) is 13.7 Å². The van der Waals surface area contributed by atoms with Crippen LogP contribution in [-0.2, 0) is 10.2 Å². The number of thiol groups is 1. The molecular weight excluding hydrogens is 94.9 g/mol. The Hall–Kier alpha value is 0.215. The summed E-state index contributed by atoms with van der Waals surface area (Å²) in [5.74, 6) is 0.784. The van der Waals surface area contributed by atoms with Crippen molar-refractivity contribution in [3.05, 3.63) is 0 Å². The molecule has 0 radical (unpaired) electrons. The summed E-state index contributed by atoms with van der Waals surface area (Å²) in [5, 5.41) is 0. The summed E-state index contributed by atoms with van der Waals surface area (Å²) in [6.45, 7) is 3.74. The fraction of sp³-hybridized carbons (Fsp3) is 1.00. The van der Waals surface area contributed by atoms with Crippen molar-refractivity contribution >= 4 is 16.4 Å². The molecule has 0 rings (SSSR count). The van der Waals surface area contributed by atoms with Crippen LogP contribution < -0.4 is 0 Å². The molecule has 0 aromatic carbocycles. The van der Waals surface area contributed by atoms with E-state index in [1.165, 1.54) is 0 Å². The van der Waals surface area contributed by atoms with Crippen LogP contribution in [0.5, 0.6) is 0 Å². The van der Waals surface area contributed by atoms with Crippen molar-refractivity contribution < 1.29 is 4.21 Å². The molecule has 0 spiro atoms. The molecule has 1 unspecified atom stereocenters. The Bertz CT molecular complexity index is 93.0. The fourth-order valence-electron chi connectivity index (χ4n) is 0.183. The van der Waals surface area contributed by atoms with Crippen LogP contribution in [0.15, 0.2) is 0 Å². The monoisotopic (exact) mass is 104 g/mol. The van der Waals surface area contributed by atoms with Crippen LogP contribution in [0, 0.1) is 0 Å². The van der Waals surface area contributed by atoms with Crippen molar-refractivity contribution in [2.75, 3.05) is 5.75 Å². The van der Waals surface area contributed by atoms with Crippen LogP contribution >= 0.6 is 0 Å². The third kappa shape index (κ3) is 2.45. The van der Waals surface area contributed by atoms with Gasteiger partial charge in [0.05, 0.1) is 0 Å². The molecule has 0 amide bonds. The summed E-state index contributed by atoms with van der Waals surface area (Å²) >= 11 is 0. The summed E-state index contributed by atoms with van der Waals surface area (Å²) < 4.78 is 10.3. The molecule has 0 saturated heterocycles. The maximum absolute atomic E-state index is 10.3. The summed E-state index contributed by atoms with van der Waals surface area (Å²) in [4.78, 5) is 0. The van der Waals surface area contributed by atoms with Gasteiger partial charge in [0, 0.05) is 0 Å². The molecule has 0 aliphatic carbocycles. The summed E-state index contributed by atoms with van der Waals surface area (Å²) in [5.41, 5.74) is 0. The van der Waals surface area contributed by atoms with Crippen molar-refractivity contribution in [3.63, 3.8) is 0 Å². The van der Waals surface area contributed by atoms with Crippen LogP contribution in [0.3, 0.4) is 0 Å². The van der Waals surface area contributed by atoms with Crippen LogP contribution in [0.1, 0.15) is 6.92 Å². The Morgan fingerprint density at radius 3 is 2.33 bits per heavy atom. The minimum atomic E-state index is -0.951. The second kappa shape index (κ2) is 3.41. The normalized spacial score (nSPS) is 13.7. The SMILES string of the molecule is CB=[SH](=O)CC. The predicted octanol–water partition coefficient (Wildman–Crippen LogP) is 0.155. The van der Waals surface area contributed by atoms with Gasteiger partial charge in [-0.25, -0.2) is 0 Å². The van der Waals surface area contributed by atoms with Crippen molar-refractivity contribution in [1.29, 1.82) is 0 Å². The van der Waals surface area contributed by atoms with Gasteiger partial charge in [0.15, 0.2) is 0 Å².